The van der Waals surface area contributed by atoms with Gasteiger partial charge in [-0.15, -0.1) is 0 Å². The van der Waals surface area contributed by atoms with Gasteiger partial charge in [-0.2, -0.15) is 0 Å². The summed E-state index contributed by atoms with van der Waals surface area (Å²) in [6.45, 7) is 2.28. The first-order valence-corrected chi connectivity index (χ1v) is 8.00. The van der Waals surface area contributed by atoms with Crippen molar-refractivity contribution in [3.63, 3.8) is 0 Å². The normalized spacial score (nSPS) is 21.6. The molecule has 20 heavy (non-hydrogen) atoms. The van der Waals surface area contributed by atoms with Crippen LogP contribution in [0.1, 0.15) is 54.7 Å². The fourth-order valence-corrected chi connectivity index (χ4v) is 3.68. The van der Waals surface area contributed by atoms with Gasteiger partial charge in [-0.05, 0) is 54.0 Å². The molecular weight excluding hydrogens is 287 g/mol. The van der Waals surface area contributed by atoms with Crippen LogP contribution < -0.4 is 0 Å². The number of halogens is 2. The summed E-state index contributed by atoms with van der Waals surface area (Å²) in [4.78, 5) is 0. The number of hydrogen-bond donors (Lipinski definition) is 0. The molecule has 104 valence electrons. The number of hydrogen-bond acceptors (Lipinski definition) is 0. The third-order valence-corrected chi connectivity index (χ3v) is 5.19. The van der Waals surface area contributed by atoms with Crippen molar-refractivity contribution in [2.24, 2.45) is 0 Å². The maximum Gasteiger partial charge on any atom is 0.0595 e. The Morgan fingerprint density at radius 2 is 1.70 bits per heavy atom. The second-order valence-electron chi connectivity index (χ2n) is 5.54. The monoisotopic (exact) mass is 304 g/mol. The average Bonchev–Trinajstić information content (AvgIpc) is 2.49. The highest BCUT2D eigenvalue weighted by Gasteiger charge is 2.27. The van der Waals surface area contributed by atoms with Gasteiger partial charge < -0.3 is 0 Å². The van der Waals surface area contributed by atoms with Crippen LogP contribution in [0.5, 0.6) is 0 Å². The zero-order valence-corrected chi connectivity index (χ0v) is 13.1. The van der Waals surface area contributed by atoms with E-state index < -0.39 is 0 Å². The number of benzene rings is 2. The van der Waals surface area contributed by atoms with E-state index in [4.69, 9.17) is 23.2 Å². The first kappa shape index (κ1) is 14.0. The van der Waals surface area contributed by atoms with Crippen LogP contribution in [0.3, 0.4) is 0 Å². The summed E-state index contributed by atoms with van der Waals surface area (Å²) in [5.41, 5.74) is 4.25. The smallest absolute Gasteiger partial charge is 0.0595 e. The summed E-state index contributed by atoms with van der Waals surface area (Å²) in [5.74, 6) is 1.15. The van der Waals surface area contributed by atoms with Gasteiger partial charge in [-0.25, -0.2) is 0 Å². The summed E-state index contributed by atoms with van der Waals surface area (Å²) >= 11 is 12.2. The predicted octanol–water partition coefficient (Wildman–Crippen LogP) is 6.41. The molecule has 2 heteroatoms. The molecule has 0 N–H and O–H groups in total. The average molecular weight is 305 g/mol. The van der Waals surface area contributed by atoms with Crippen molar-refractivity contribution in [1.29, 1.82) is 0 Å². The van der Waals surface area contributed by atoms with Crippen LogP contribution >= 0.6 is 23.2 Å². The van der Waals surface area contributed by atoms with E-state index >= 15 is 0 Å². The van der Waals surface area contributed by atoms with E-state index in [1.807, 2.05) is 12.1 Å². The third-order valence-electron chi connectivity index (χ3n) is 4.45. The molecule has 0 aromatic heterocycles. The summed E-state index contributed by atoms with van der Waals surface area (Å²) in [6, 6.07) is 14.9. The van der Waals surface area contributed by atoms with E-state index in [0.717, 1.165) is 0 Å². The summed E-state index contributed by atoms with van der Waals surface area (Å²) in [5, 5.41) is 1.28. The van der Waals surface area contributed by atoms with Crippen molar-refractivity contribution >= 4 is 23.2 Å². The van der Waals surface area contributed by atoms with Crippen LogP contribution in [-0.2, 0) is 0 Å². The molecule has 0 radical (unpaired) electrons. The largest absolute Gasteiger partial charge is 0.0827 e. The maximum absolute atomic E-state index is 6.18. The van der Waals surface area contributed by atoms with E-state index in [0.29, 0.717) is 21.9 Å². The topological polar surface area (TPSA) is 0 Å². The molecule has 0 aliphatic heterocycles. The SMILES string of the molecule is CCC1CCC(c2ccc(Cl)c(Cl)c2)c2ccccc21. The van der Waals surface area contributed by atoms with Crippen LogP contribution in [-0.4, -0.2) is 0 Å². The molecule has 0 saturated carbocycles. The molecule has 0 spiro atoms. The molecule has 2 unspecified atom stereocenters. The molecule has 1 aliphatic carbocycles. The maximum atomic E-state index is 6.18. The van der Waals surface area contributed by atoms with Gasteiger partial charge in [0.25, 0.3) is 0 Å². The van der Waals surface area contributed by atoms with Gasteiger partial charge in [0.05, 0.1) is 10.0 Å². The van der Waals surface area contributed by atoms with Crippen molar-refractivity contribution < 1.29 is 0 Å². The fraction of sp³-hybridized carbons (Fsp3) is 0.333. The standard InChI is InChI=1S/C18H18Cl2/c1-2-12-7-9-15(16-6-4-3-5-14(12)16)13-8-10-17(19)18(20)11-13/h3-6,8,10-12,15H,2,7,9H2,1H3. The van der Waals surface area contributed by atoms with E-state index in [1.165, 1.54) is 36.0 Å². The molecular formula is C18H18Cl2. The van der Waals surface area contributed by atoms with Gasteiger partial charge in [0.1, 0.15) is 0 Å². The van der Waals surface area contributed by atoms with Crippen LogP contribution in [0.2, 0.25) is 10.0 Å². The van der Waals surface area contributed by atoms with Gasteiger partial charge >= 0.3 is 0 Å². The lowest BCUT2D eigenvalue weighted by molar-refractivity contribution is 0.506. The van der Waals surface area contributed by atoms with Crippen molar-refractivity contribution in [1.82, 2.24) is 0 Å². The van der Waals surface area contributed by atoms with Crippen molar-refractivity contribution in [3.05, 3.63) is 69.2 Å². The number of fused-ring (bicyclic) bond motifs is 1. The molecule has 2 atom stereocenters. The second kappa shape index (κ2) is 5.79. The summed E-state index contributed by atoms with van der Waals surface area (Å²) < 4.78 is 0. The number of rotatable bonds is 2. The molecule has 0 fully saturated rings. The Morgan fingerprint density at radius 3 is 2.40 bits per heavy atom. The molecule has 0 saturated heterocycles. The lowest BCUT2D eigenvalue weighted by atomic mass is 9.73. The van der Waals surface area contributed by atoms with Crippen molar-refractivity contribution in [2.75, 3.05) is 0 Å². The van der Waals surface area contributed by atoms with Crippen molar-refractivity contribution in [3.8, 4) is 0 Å². The van der Waals surface area contributed by atoms with Crippen LogP contribution in [0.15, 0.2) is 42.5 Å². The molecule has 0 nitrogen and oxygen atoms in total. The van der Waals surface area contributed by atoms with E-state index in [9.17, 15) is 0 Å². The first-order valence-electron chi connectivity index (χ1n) is 7.24. The van der Waals surface area contributed by atoms with Gasteiger partial charge in [0.15, 0.2) is 0 Å². The predicted molar refractivity (Wildman–Crippen MR) is 87.0 cm³/mol. The van der Waals surface area contributed by atoms with Crippen LogP contribution in [0, 0.1) is 0 Å². The highest BCUT2D eigenvalue weighted by molar-refractivity contribution is 6.42. The lowest BCUT2D eigenvalue weighted by Crippen LogP contribution is -2.15. The summed E-state index contributed by atoms with van der Waals surface area (Å²) in [6.07, 6.45) is 3.65. The Labute approximate surface area is 130 Å². The molecule has 0 bridgehead atoms. The molecule has 1 aliphatic rings. The Hall–Kier alpha value is -0.980. The fourth-order valence-electron chi connectivity index (χ4n) is 3.38. The Morgan fingerprint density at radius 1 is 0.950 bits per heavy atom. The van der Waals surface area contributed by atoms with E-state index in [2.05, 4.69) is 37.3 Å². The zero-order chi connectivity index (χ0) is 14.1. The van der Waals surface area contributed by atoms with Gasteiger partial charge in [0.2, 0.25) is 0 Å². The van der Waals surface area contributed by atoms with Gasteiger partial charge in [-0.3, -0.25) is 0 Å². The highest BCUT2D eigenvalue weighted by atomic mass is 35.5. The Kier molecular flexibility index (Phi) is 4.05. The van der Waals surface area contributed by atoms with Gasteiger partial charge in [0, 0.05) is 5.92 Å². The Balaban J connectivity index is 2.05. The molecule has 2 aromatic rings. The van der Waals surface area contributed by atoms with Gasteiger partial charge in [-0.1, -0.05) is 60.5 Å². The minimum absolute atomic E-state index is 0.448. The second-order valence-corrected chi connectivity index (χ2v) is 6.35. The zero-order valence-electron chi connectivity index (χ0n) is 11.6. The Bertz CT molecular complexity index is 619. The molecule has 0 amide bonds. The minimum Gasteiger partial charge on any atom is -0.0827 e. The van der Waals surface area contributed by atoms with E-state index in [-0.39, 0.29) is 0 Å². The summed E-state index contributed by atoms with van der Waals surface area (Å²) in [7, 11) is 0. The van der Waals surface area contributed by atoms with E-state index in [1.54, 1.807) is 0 Å². The molecule has 2 aromatic carbocycles. The third kappa shape index (κ3) is 2.47. The molecule has 3 rings (SSSR count). The minimum atomic E-state index is 0.448. The van der Waals surface area contributed by atoms with Crippen LogP contribution in [0.25, 0.3) is 0 Å². The quantitative estimate of drug-likeness (QED) is 0.601. The van der Waals surface area contributed by atoms with Crippen molar-refractivity contribution in [2.45, 2.75) is 38.0 Å². The molecule has 0 heterocycles. The first-order chi connectivity index (χ1) is 9.70. The lowest BCUT2D eigenvalue weighted by Gasteiger charge is -2.31. The highest BCUT2D eigenvalue weighted by Crippen LogP contribution is 2.44. The van der Waals surface area contributed by atoms with Crippen LogP contribution in [0.4, 0.5) is 0 Å².